The molecule has 0 fully saturated rings. The van der Waals surface area contributed by atoms with Gasteiger partial charge < -0.3 is 14.3 Å². The zero-order valence-electron chi connectivity index (χ0n) is 10.8. The molecule has 0 aliphatic carbocycles. The molecule has 1 aliphatic heterocycles. The number of carbonyl (C=O) groups is 3. The fraction of sp³-hybridized carbons (Fsp3) is 0.545. The lowest BCUT2D eigenvalue weighted by Crippen LogP contribution is -2.40. The number of aldehydes is 1. The van der Waals surface area contributed by atoms with Crippen LogP contribution in [-0.4, -0.2) is 44.2 Å². The fourth-order valence-electron chi connectivity index (χ4n) is 2.03. The minimum Gasteiger partial charge on any atom is -0.333 e. The van der Waals surface area contributed by atoms with Crippen molar-refractivity contribution in [2.75, 3.05) is 6.54 Å². The van der Waals surface area contributed by atoms with Gasteiger partial charge in [0, 0.05) is 13.1 Å². The number of halogens is 3. The maximum absolute atomic E-state index is 12.6. The van der Waals surface area contributed by atoms with Gasteiger partial charge in [-0.1, -0.05) is 0 Å². The normalized spacial score (nSPS) is 14.7. The van der Waals surface area contributed by atoms with Crippen molar-refractivity contribution in [2.24, 2.45) is 0 Å². The zero-order chi connectivity index (χ0) is 15.6. The highest BCUT2D eigenvalue weighted by Crippen LogP contribution is 2.29. The number of hydrogen-bond donors (Lipinski definition) is 0. The summed E-state index contributed by atoms with van der Waals surface area (Å²) < 4.78 is 38.8. The fourth-order valence-corrected chi connectivity index (χ4v) is 2.03. The van der Waals surface area contributed by atoms with Crippen molar-refractivity contribution in [3.63, 3.8) is 0 Å². The molecule has 0 unspecified atom stereocenters. The SMILES string of the molecule is O=CCC(=O)CC(=O)N1CCn2c(nnc2C(F)(F)F)C1. The summed E-state index contributed by atoms with van der Waals surface area (Å²) in [6, 6.07) is 0. The second kappa shape index (κ2) is 5.62. The van der Waals surface area contributed by atoms with Gasteiger partial charge in [-0.15, -0.1) is 10.2 Å². The number of amides is 1. The zero-order valence-corrected chi connectivity index (χ0v) is 10.8. The van der Waals surface area contributed by atoms with Crippen molar-refractivity contribution >= 4 is 18.0 Å². The van der Waals surface area contributed by atoms with Crippen molar-refractivity contribution in [2.45, 2.75) is 32.1 Å². The second-order valence-electron chi connectivity index (χ2n) is 4.49. The van der Waals surface area contributed by atoms with Crippen molar-refractivity contribution < 1.29 is 27.6 Å². The summed E-state index contributed by atoms with van der Waals surface area (Å²) in [7, 11) is 0. The lowest BCUT2D eigenvalue weighted by atomic mass is 10.2. The molecule has 0 atom stereocenters. The predicted octanol–water partition coefficient (Wildman–Crippen LogP) is 0.187. The summed E-state index contributed by atoms with van der Waals surface area (Å²) in [4.78, 5) is 34.4. The molecular formula is C11H11F3N4O3. The van der Waals surface area contributed by atoms with E-state index in [1.165, 1.54) is 4.90 Å². The van der Waals surface area contributed by atoms with E-state index in [1.54, 1.807) is 0 Å². The predicted molar refractivity (Wildman–Crippen MR) is 60.7 cm³/mol. The molecule has 1 aromatic rings. The van der Waals surface area contributed by atoms with Gasteiger partial charge >= 0.3 is 6.18 Å². The molecule has 0 bridgehead atoms. The van der Waals surface area contributed by atoms with Crippen LogP contribution in [0.4, 0.5) is 13.2 Å². The molecule has 21 heavy (non-hydrogen) atoms. The van der Waals surface area contributed by atoms with E-state index in [-0.39, 0.29) is 31.9 Å². The molecule has 10 heteroatoms. The Morgan fingerprint density at radius 3 is 2.57 bits per heavy atom. The van der Waals surface area contributed by atoms with Crippen LogP contribution in [0.25, 0.3) is 0 Å². The number of ketones is 1. The van der Waals surface area contributed by atoms with Crippen molar-refractivity contribution in [3.05, 3.63) is 11.6 Å². The molecular weight excluding hydrogens is 293 g/mol. The van der Waals surface area contributed by atoms with E-state index < -0.39 is 30.1 Å². The Bertz CT molecular complexity index is 582. The highest BCUT2D eigenvalue weighted by Gasteiger charge is 2.39. The number of alkyl halides is 3. The van der Waals surface area contributed by atoms with E-state index in [9.17, 15) is 27.6 Å². The van der Waals surface area contributed by atoms with E-state index in [2.05, 4.69) is 10.2 Å². The molecule has 1 amide bonds. The minimum atomic E-state index is -4.60. The molecule has 7 nitrogen and oxygen atoms in total. The third kappa shape index (κ3) is 3.26. The Morgan fingerprint density at radius 2 is 1.95 bits per heavy atom. The van der Waals surface area contributed by atoms with Crippen LogP contribution in [-0.2, 0) is 33.6 Å². The molecule has 0 N–H and O–H groups in total. The minimum absolute atomic E-state index is 0.0183. The van der Waals surface area contributed by atoms with Gasteiger partial charge in [0.25, 0.3) is 0 Å². The maximum atomic E-state index is 12.6. The first kappa shape index (κ1) is 15.1. The topological polar surface area (TPSA) is 85.2 Å². The van der Waals surface area contributed by atoms with Gasteiger partial charge in [0.15, 0.2) is 5.82 Å². The summed E-state index contributed by atoms with van der Waals surface area (Å²) in [5.41, 5.74) is 0. The molecule has 0 aromatic carbocycles. The Labute approximate surface area is 116 Å². The summed E-state index contributed by atoms with van der Waals surface area (Å²) in [6.07, 6.45) is -5.00. The van der Waals surface area contributed by atoms with Crippen LogP contribution in [0.3, 0.4) is 0 Å². The van der Waals surface area contributed by atoms with Gasteiger partial charge in [-0.3, -0.25) is 9.59 Å². The van der Waals surface area contributed by atoms with Gasteiger partial charge in [-0.2, -0.15) is 13.2 Å². The number of fused-ring (bicyclic) bond motifs is 1. The van der Waals surface area contributed by atoms with Gasteiger partial charge in [0.1, 0.15) is 12.1 Å². The number of nitrogens with zero attached hydrogens (tertiary/aromatic N) is 4. The van der Waals surface area contributed by atoms with Gasteiger partial charge in [0.05, 0.1) is 19.4 Å². The molecule has 2 heterocycles. The number of Topliss-reactive ketones (excluding diaryl/α,β-unsaturated/α-hetero) is 1. The quantitative estimate of drug-likeness (QED) is 0.585. The smallest absolute Gasteiger partial charge is 0.333 e. The lowest BCUT2D eigenvalue weighted by Gasteiger charge is -2.27. The van der Waals surface area contributed by atoms with Crippen LogP contribution >= 0.6 is 0 Å². The van der Waals surface area contributed by atoms with E-state index >= 15 is 0 Å². The summed E-state index contributed by atoms with van der Waals surface area (Å²) in [5.74, 6) is -2.14. The van der Waals surface area contributed by atoms with Crippen LogP contribution < -0.4 is 0 Å². The average Bonchev–Trinajstić information content (AvgIpc) is 2.81. The standard InChI is InChI=1S/C11H11F3N4O3/c12-11(13,14)10-16-15-8-6-17(2-3-18(8)10)9(21)5-7(20)1-4-19/h4H,1-3,5-6H2. The molecule has 1 aliphatic rings. The first-order chi connectivity index (χ1) is 9.82. The van der Waals surface area contributed by atoms with E-state index in [1.807, 2.05) is 0 Å². The third-order valence-corrected chi connectivity index (χ3v) is 3.02. The van der Waals surface area contributed by atoms with Gasteiger partial charge in [0.2, 0.25) is 11.7 Å². The number of rotatable bonds is 4. The Kier molecular flexibility index (Phi) is 4.05. The van der Waals surface area contributed by atoms with Gasteiger partial charge in [-0.05, 0) is 0 Å². The molecule has 1 aromatic heterocycles. The lowest BCUT2D eigenvalue weighted by molar-refractivity contribution is -0.148. The number of carbonyl (C=O) groups excluding carboxylic acids is 3. The van der Waals surface area contributed by atoms with Crippen LogP contribution in [0.2, 0.25) is 0 Å². The van der Waals surface area contributed by atoms with Gasteiger partial charge in [-0.25, -0.2) is 0 Å². The molecule has 0 saturated heterocycles. The molecule has 0 radical (unpaired) electrons. The summed E-state index contributed by atoms with van der Waals surface area (Å²) in [6.45, 7) is -0.206. The number of hydrogen-bond acceptors (Lipinski definition) is 5. The van der Waals surface area contributed by atoms with Crippen LogP contribution in [0.15, 0.2) is 0 Å². The van der Waals surface area contributed by atoms with E-state index in [0.29, 0.717) is 6.29 Å². The highest BCUT2D eigenvalue weighted by atomic mass is 19.4. The van der Waals surface area contributed by atoms with Crippen molar-refractivity contribution in [3.8, 4) is 0 Å². The summed E-state index contributed by atoms with van der Waals surface area (Å²) in [5, 5.41) is 6.52. The van der Waals surface area contributed by atoms with E-state index in [4.69, 9.17) is 0 Å². The largest absolute Gasteiger partial charge is 0.451 e. The summed E-state index contributed by atoms with van der Waals surface area (Å²) >= 11 is 0. The third-order valence-electron chi connectivity index (χ3n) is 3.02. The molecule has 114 valence electrons. The average molecular weight is 304 g/mol. The van der Waals surface area contributed by atoms with Crippen LogP contribution in [0.1, 0.15) is 24.5 Å². The highest BCUT2D eigenvalue weighted by molar-refractivity contribution is 6.02. The molecule has 2 rings (SSSR count). The Hall–Kier alpha value is -2.26. The number of aromatic nitrogens is 3. The maximum Gasteiger partial charge on any atom is 0.451 e. The first-order valence-electron chi connectivity index (χ1n) is 6.05. The second-order valence-corrected chi connectivity index (χ2v) is 4.49. The first-order valence-corrected chi connectivity index (χ1v) is 6.05. The van der Waals surface area contributed by atoms with E-state index in [0.717, 1.165) is 4.57 Å². The van der Waals surface area contributed by atoms with Crippen molar-refractivity contribution in [1.82, 2.24) is 19.7 Å². The molecule has 0 spiro atoms. The van der Waals surface area contributed by atoms with Crippen molar-refractivity contribution in [1.29, 1.82) is 0 Å². The Morgan fingerprint density at radius 1 is 1.24 bits per heavy atom. The molecule has 0 saturated carbocycles. The Balaban J connectivity index is 2.07. The van der Waals surface area contributed by atoms with Crippen LogP contribution in [0, 0.1) is 0 Å². The monoisotopic (exact) mass is 304 g/mol. The van der Waals surface area contributed by atoms with Crippen LogP contribution in [0.5, 0.6) is 0 Å².